The van der Waals surface area contributed by atoms with Crippen molar-refractivity contribution in [1.29, 1.82) is 0 Å². The molecule has 2 heterocycles. The third-order valence-electron chi connectivity index (χ3n) is 10.0. The van der Waals surface area contributed by atoms with E-state index in [4.69, 9.17) is 29.9 Å². The van der Waals surface area contributed by atoms with Gasteiger partial charge >= 0.3 is 45.9 Å². The zero-order chi connectivity index (χ0) is 65.1. The molecular weight excluding hydrogens is 1240 g/mol. The van der Waals surface area contributed by atoms with Crippen LogP contribution < -0.4 is 0 Å². The normalized spacial score (nSPS) is 15.5. The standard InChI is InChI=1S/C19H38NO6.C12H28NO.C4H4O3.C3H6O2.2C2F6NO4S2/c1-4-5-6-7-8-9-12-20(2,3)13-14-25-18(23)10-11-19(24)26-16-17(22)15-21;1-4-5-6-7-8-9-10-13(2,3)11-12-14;5-3-1-2-4(6)7-3;4-1-3-2-5-3;2*3-1(4,5)14(10,11)9-15(12,13)2(6,7)8/h17,21-22H,4-16H2,1-3H3;14H,4-12H2,1-3H3;1-2H2;3-4H,1-2H2;;/q2*+1;;;2*-1. The van der Waals surface area contributed by atoms with Crippen molar-refractivity contribution in [1.82, 2.24) is 0 Å². The molecule has 2 saturated heterocycles. The fourth-order valence-corrected chi connectivity index (χ4v) is 8.58. The van der Waals surface area contributed by atoms with E-state index < -0.39 is 98.7 Å². The highest BCUT2D eigenvalue weighted by Crippen LogP contribution is 2.37. The number of unbranched alkanes of at least 4 members (excludes halogenated alkanes) is 10. The molecule has 4 N–H and O–H groups in total. The second-order valence-corrected chi connectivity index (χ2v) is 25.4. The van der Waals surface area contributed by atoms with Crippen LogP contribution in [0, 0.1) is 0 Å². The van der Waals surface area contributed by atoms with Crippen LogP contribution >= 0.6 is 0 Å². The van der Waals surface area contributed by atoms with E-state index in [0.29, 0.717) is 13.2 Å². The van der Waals surface area contributed by atoms with Crippen molar-refractivity contribution >= 4 is 64.0 Å². The van der Waals surface area contributed by atoms with Crippen LogP contribution in [0.25, 0.3) is 8.25 Å². The van der Waals surface area contributed by atoms with Crippen LogP contribution in [0.1, 0.15) is 117 Å². The average Bonchev–Trinajstić information content (AvgIpc) is 4.08. The van der Waals surface area contributed by atoms with Gasteiger partial charge in [0.15, 0.2) is 40.1 Å². The Balaban J connectivity index is -0.000000473. The van der Waals surface area contributed by atoms with Crippen LogP contribution in [0.3, 0.4) is 0 Å². The number of hydrogen-bond donors (Lipinski definition) is 4. The Labute approximate surface area is 469 Å². The Hall–Kier alpha value is -3.32. The molecular formula is C42H76F12N4O20S4. The van der Waals surface area contributed by atoms with Gasteiger partial charge in [-0.1, -0.05) is 65.2 Å². The average molecular weight is 1310 g/mol. The molecule has 2 aliphatic heterocycles. The highest BCUT2D eigenvalue weighted by molar-refractivity contribution is 8.13. The fraction of sp³-hybridized carbons (Fsp3) is 0.905. The van der Waals surface area contributed by atoms with E-state index in [9.17, 15) is 106 Å². The minimum absolute atomic E-state index is 0.0427. The number of nitrogens with zero attached hydrogens (tertiary/aromatic N) is 4. The quantitative estimate of drug-likeness (QED) is 0.0133. The number of cyclic esters (lactones) is 2. The van der Waals surface area contributed by atoms with Gasteiger partial charge in [0.25, 0.3) is 0 Å². The lowest BCUT2D eigenvalue weighted by molar-refractivity contribution is -0.890. The maximum Gasteiger partial charge on any atom is 0.480 e. The molecule has 0 saturated carbocycles. The zero-order valence-corrected chi connectivity index (χ0v) is 49.1. The van der Waals surface area contributed by atoms with Gasteiger partial charge in [0, 0.05) is 0 Å². The molecule has 0 amide bonds. The first-order valence-electron chi connectivity index (χ1n) is 24.6. The largest absolute Gasteiger partial charge is 0.480 e. The summed E-state index contributed by atoms with van der Waals surface area (Å²) in [7, 11) is -18.2. The highest BCUT2D eigenvalue weighted by atomic mass is 32.3. The number of ether oxygens (including phenoxy) is 4. The molecule has 0 bridgehead atoms. The van der Waals surface area contributed by atoms with E-state index in [1.165, 1.54) is 83.6 Å². The van der Waals surface area contributed by atoms with Crippen LogP contribution in [0.2, 0.25) is 0 Å². The molecule has 0 aromatic heterocycles. The van der Waals surface area contributed by atoms with Crippen molar-refractivity contribution in [3.63, 3.8) is 0 Å². The molecule has 0 aromatic rings. The van der Waals surface area contributed by atoms with Crippen LogP contribution in [0.5, 0.6) is 0 Å². The number of aliphatic hydroxyl groups excluding tert-OH is 4. The van der Waals surface area contributed by atoms with Gasteiger partial charge < -0.3 is 56.6 Å². The van der Waals surface area contributed by atoms with E-state index in [1.54, 1.807) is 0 Å². The minimum atomic E-state index is -6.72. The number of alkyl halides is 12. The van der Waals surface area contributed by atoms with Crippen molar-refractivity contribution in [2.24, 2.45) is 0 Å². The van der Waals surface area contributed by atoms with Gasteiger partial charge in [0.05, 0.1) is 93.4 Å². The van der Waals surface area contributed by atoms with Gasteiger partial charge in [0.1, 0.15) is 38.5 Å². The molecule has 0 spiro atoms. The summed E-state index contributed by atoms with van der Waals surface area (Å²) in [5.41, 5.74) is -24.8. The zero-order valence-electron chi connectivity index (χ0n) is 45.8. The van der Waals surface area contributed by atoms with Gasteiger partial charge in [-0.15, -0.1) is 0 Å². The maximum absolute atomic E-state index is 11.7. The van der Waals surface area contributed by atoms with E-state index >= 15 is 0 Å². The summed E-state index contributed by atoms with van der Waals surface area (Å²) in [6, 6.07) is 0. The summed E-state index contributed by atoms with van der Waals surface area (Å²) in [5.74, 6) is -1.81. The number of hydrogen-bond acceptors (Lipinski definition) is 20. The van der Waals surface area contributed by atoms with Crippen LogP contribution in [-0.2, 0) is 78.2 Å². The first-order chi connectivity index (χ1) is 37.1. The Bertz CT molecular complexity index is 2100. The fourth-order valence-electron chi connectivity index (χ4n) is 5.17. The first kappa shape index (κ1) is 85.1. The van der Waals surface area contributed by atoms with E-state index in [1.807, 2.05) is 0 Å². The molecule has 2 fully saturated rings. The van der Waals surface area contributed by atoms with Gasteiger partial charge in [-0.3, -0.25) is 19.2 Å². The summed E-state index contributed by atoms with van der Waals surface area (Å²) in [6.07, 6.45) is 15.2. The molecule has 24 nitrogen and oxygen atoms in total. The predicted molar refractivity (Wildman–Crippen MR) is 266 cm³/mol. The van der Waals surface area contributed by atoms with Crippen molar-refractivity contribution < 1.29 is 154 Å². The van der Waals surface area contributed by atoms with E-state index in [-0.39, 0.29) is 45.0 Å². The topological polar surface area (TPSA) is 354 Å². The van der Waals surface area contributed by atoms with Crippen molar-refractivity contribution in [2.75, 3.05) is 94.0 Å². The number of likely N-dealkylation sites (N-methyl/N-ethyl adjacent to an activating group) is 2. The SMILES string of the molecule is CCCCCCCC[N+](C)(C)CCO.CCCCCCCC[N+](C)(C)CCOC(=O)CCC(=O)OCC(O)CO.O=C1CCC(=O)O1.O=S(=O)([N-]S(=O)(=O)C(F)(F)F)C(F)(F)F.O=S(=O)([N-]S(=O)(=O)C(F)(F)F)C(F)(F)F.OCC1CO1. The number of carbonyl (C=O) groups excluding carboxylic acids is 4. The predicted octanol–water partition coefficient (Wildman–Crippen LogP) is 5.40. The molecule has 0 aliphatic carbocycles. The first-order valence-corrected chi connectivity index (χ1v) is 30.4. The summed E-state index contributed by atoms with van der Waals surface area (Å²) in [6.45, 7) is 9.21. The molecule has 492 valence electrons. The second-order valence-electron chi connectivity index (χ2n) is 18.6. The molecule has 82 heavy (non-hydrogen) atoms. The lowest BCUT2D eigenvalue weighted by Crippen LogP contribution is -2.43. The summed E-state index contributed by atoms with van der Waals surface area (Å²) in [4.78, 5) is 43.1. The van der Waals surface area contributed by atoms with Gasteiger partial charge in [-0.2, -0.15) is 52.7 Å². The van der Waals surface area contributed by atoms with Crippen molar-refractivity contribution in [3.05, 3.63) is 8.25 Å². The van der Waals surface area contributed by atoms with Gasteiger partial charge in [-0.25, -0.2) is 33.7 Å². The number of halogens is 12. The molecule has 2 aliphatic rings. The number of carbonyl (C=O) groups is 4. The summed E-state index contributed by atoms with van der Waals surface area (Å²) >= 11 is 0. The van der Waals surface area contributed by atoms with Crippen LogP contribution in [0.15, 0.2) is 0 Å². The molecule has 2 unspecified atom stereocenters. The lowest BCUT2D eigenvalue weighted by Gasteiger charge is -2.29. The van der Waals surface area contributed by atoms with E-state index in [0.717, 1.165) is 43.5 Å². The molecule has 0 radical (unpaired) electrons. The van der Waals surface area contributed by atoms with Crippen molar-refractivity contribution in [2.45, 2.75) is 151 Å². The number of esters is 4. The summed E-state index contributed by atoms with van der Waals surface area (Å²) in [5, 5.41) is 34.6. The Kier molecular flexibility index (Phi) is 41.7. The van der Waals surface area contributed by atoms with Gasteiger partial charge in [-0.05, 0) is 25.7 Å². The van der Waals surface area contributed by atoms with Crippen molar-refractivity contribution in [3.8, 4) is 0 Å². The maximum atomic E-state index is 11.7. The molecule has 2 atom stereocenters. The third kappa shape index (κ3) is 44.2. The Morgan fingerprint density at radius 3 is 1.13 bits per heavy atom. The van der Waals surface area contributed by atoms with Gasteiger partial charge in [0.2, 0.25) is 0 Å². The number of aliphatic hydroxyl groups is 4. The summed E-state index contributed by atoms with van der Waals surface area (Å²) < 4.78 is 239. The number of epoxide rings is 1. The Morgan fingerprint density at radius 1 is 0.561 bits per heavy atom. The van der Waals surface area contributed by atoms with Crippen LogP contribution in [0.4, 0.5) is 52.7 Å². The second kappa shape index (κ2) is 40.1. The molecule has 0 aromatic carbocycles. The number of quaternary nitrogens is 2. The smallest absolute Gasteiger partial charge is 0.463 e. The van der Waals surface area contributed by atoms with E-state index in [2.05, 4.69) is 51.5 Å². The number of sulfonamides is 4. The molecule has 40 heteroatoms. The lowest BCUT2D eigenvalue weighted by atomic mass is 10.1. The minimum Gasteiger partial charge on any atom is -0.463 e. The van der Waals surface area contributed by atoms with Crippen LogP contribution in [-0.4, -0.2) is 215 Å². The Morgan fingerprint density at radius 2 is 0.878 bits per heavy atom. The monoisotopic (exact) mass is 1310 g/mol. The third-order valence-corrected chi connectivity index (χ3v) is 15.5. The number of rotatable bonds is 30. The molecule has 2 rings (SSSR count). The highest BCUT2D eigenvalue weighted by Gasteiger charge is 2.48.